The van der Waals surface area contributed by atoms with Crippen LogP contribution in [-0.4, -0.2) is 54.6 Å². The monoisotopic (exact) mass is 439 g/mol. The second kappa shape index (κ2) is 13.8. The van der Waals surface area contributed by atoms with Gasteiger partial charge in [-0.1, -0.05) is 19.9 Å². The molecule has 31 heavy (non-hydrogen) atoms. The highest BCUT2D eigenvalue weighted by molar-refractivity contribution is 5.80. The molecule has 3 atom stereocenters. The summed E-state index contributed by atoms with van der Waals surface area (Å²) in [6.07, 6.45) is -1.92. The molecule has 0 radical (unpaired) electrons. The number of carbonyl (C=O) groups is 2. The number of aliphatic hydroxyl groups is 1. The fourth-order valence-electron chi connectivity index (χ4n) is 2.92. The molecule has 1 heterocycles. The zero-order valence-electron chi connectivity index (χ0n) is 19.1. The van der Waals surface area contributed by atoms with Crippen LogP contribution >= 0.6 is 0 Å². The zero-order valence-corrected chi connectivity index (χ0v) is 19.1. The molecule has 1 aliphatic heterocycles. The van der Waals surface area contributed by atoms with E-state index in [9.17, 15) is 14.7 Å². The first-order valence-electron chi connectivity index (χ1n) is 10.8. The van der Waals surface area contributed by atoms with Crippen LogP contribution in [0.2, 0.25) is 0 Å². The van der Waals surface area contributed by atoms with Crippen molar-refractivity contribution in [3.05, 3.63) is 23.8 Å². The molecule has 9 heteroatoms. The van der Waals surface area contributed by atoms with Crippen LogP contribution in [0, 0.1) is 0 Å². The van der Waals surface area contributed by atoms with Crippen LogP contribution in [0.5, 0.6) is 5.75 Å². The van der Waals surface area contributed by atoms with Gasteiger partial charge in [-0.15, -0.1) is 0 Å². The maximum atomic E-state index is 12.2. The highest BCUT2D eigenvalue weighted by Gasteiger charge is 2.34. The number of amides is 1. The third kappa shape index (κ3) is 9.54. The Kier molecular flexibility index (Phi) is 11.9. The normalized spacial score (nSPS) is 20.3. The molecular weight excluding hydrogens is 402 g/mol. The molecule has 0 aromatic heterocycles. The number of nitrogens with two attached hydrogens (primary N) is 1. The highest BCUT2D eigenvalue weighted by Crippen LogP contribution is 2.31. The van der Waals surface area contributed by atoms with Crippen LogP contribution in [0.1, 0.15) is 53.0 Å². The van der Waals surface area contributed by atoms with Gasteiger partial charge in [-0.3, -0.25) is 9.59 Å². The summed E-state index contributed by atoms with van der Waals surface area (Å²) in [7, 11) is 0. The SMILES string of the molecule is CC.CC(=O)OCc1ccc(NC(C)C)c(OC2CC(O)CC(C(=O)NCCN)O2)c1. The molecular formula is C22H37N3O6. The van der Waals surface area contributed by atoms with E-state index >= 15 is 0 Å². The Labute approximate surface area is 184 Å². The van der Waals surface area contributed by atoms with Gasteiger partial charge in [0.2, 0.25) is 12.2 Å². The Morgan fingerprint density at radius 1 is 1.29 bits per heavy atom. The van der Waals surface area contributed by atoms with Crippen molar-refractivity contribution in [2.75, 3.05) is 18.4 Å². The molecule has 1 fully saturated rings. The molecule has 1 amide bonds. The van der Waals surface area contributed by atoms with Gasteiger partial charge in [0.1, 0.15) is 18.5 Å². The van der Waals surface area contributed by atoms with Crippen LogP contribution in [0.3, 0.4) is 0 Å². The first-order valence-corrected chi connectivity index (χ1v) is 10.8. The molecule has 176 valence electrons. The van der Waals surface area contributed by atoms with Gasteiger partial charge in [0, 0.05) is 38.9 Å². The standard InChI is InChI=1S/C20H31N3O6.C2H6/c1-12(2)23-16-5-4-14(11-27-13(3)24)8-17(16)28-19-10-15(25)9-18(29-19)20(26)22-7-6-21;1-2/h4-5,8,12,15,18-19,23,25H,6-7,9-11,21H2,1-3H3,(H,22,26);1-2H3. The lowest BCUT2D eigenvalue weighted by molar-refractivity contribution is -0.184. The van der Waals surface area contributed by atoms with Crippen LogP contribution in [0.15, 0.2) is 18.2 Å². The first-order chi connectivity index (χ1) is 14.8. The summed E-state index contributed by atoms with van der Waals surface area (Å²) in [5.74, 6) is -0.211. The van der Waals surface area contributed by atoms with Crippen LogP contribution in [0.4, 0.5) is 5.69 Å². The molecule has 0 aliphatic carbocycles. The van der Waals surface area contributed by atoms with Gasteiger partial charge in [-0.05, 0) is 31.5 Å². The number of esters is 1. The quantitative estimate of drug-likeness (QED) is 0.429. The predicted molar refractivity (Wildman–Crippen MR) is 119 cm³/mol. The zero-order chi connectivity index (χ0) is 23.4. The van der Waals surface area contributed by atoms with Gasteiger partial charge in [0.15, 0.2) is 0 Å². The number of carbonyl (C=O) groups excluding carboxylic acids is 2. The average molecular weight is 440 g/mol. The van der Waals surface area contributed by atoms with E-state index in [0.29, 0.717) is 18.8 Å². The summed E-state index contributed by atoms with van der Waals surface area (Å²) in [5, 5.41) is 16.1. The fourth-order valence-corrected chi connectivity index (χ4v) is 2.92. The molecule has 0 bridgehead atoms. The van der Waals surface area contributed by atoms with Gasteiger partial charge >= 0.3 is 5.97 Å². The van der Waals surface area contributed by atoms with Crippen molar-refractivity contribution in [1.82, 2.24) is 5.32 Å². The molecule has 1 aliphatic rings. The van der Waals surface area contributed by atoms with Gasteiger partial charge in [-0.25, -0.2) is 0 Å². The number of hydrogen-bond acceptors (Lipinski definition) is 8. The smallest absolute Gasteiger partial charge is 0.302 e. The van der Waals surface area contributed by atoms with E-state index in [0.717, 1.165) is 11.3 Å². The summed E-state index contributed by atoms with van der Waals surface area (Å²) >= 11 is 0. The van der Waals surface area contributed by atoms with Gasteiger partial charge in [0.25, 0.3) is 0 Å². The number of rotatable bonds is 9. The average Bonchev–Trinajstić information content (AvgIpc) is 2.72. The number of benzene rings is 1. The molecule has 1 aromatic carbocycles. The lowest BCUT2D eigenvalue weighted by atomic mass is 10.0. The van der Waals surface area contributed by atoms with Crippen LogP contribution < -0.4 is 21.1 Å². The van der Waals surface area contributed by atoms with Gasteiger partial charge in [0.05, 0.1) is 11.8 Å². The van der Waals surface area contributed by atoms with Crippen molar-refractivity contribution in [1.29, 1.82) is 0 Å². The van der Waals surface area contributed by atoms with Crippen molar-refractivity contribution in [3.63, 3.8) is 0 Å². The summed E-state index contributed by atoms with van der Waals surface area (Å²) in [6, 6.07) is 5.57. The number of anilines is 1. The topological polar surface area (TPSA) is 132 Å². The number of nitrogens with one attached hydrogen (secondary N) is 2. The summed E-state index contributed by atoms with van der Waals surface area (Å²) in [6.45, 7) is 10.1. The molecule has 2 rings (SSSR count). The van der Waals surface area contributed by atoms with Crippen molar-refractivity contribution < 1.29 is 28.9 Å². The Bertz CT molecular complexity index is 698. The molecule has 9 nitrogen and oxygen atoms in total. The van der Waals surface area contributed by atoms with Crippen molar-refractivity contribution in [2.24, 2.45) is 5.73 Å². The molecule has 0 saturated carbocycles. The van der Waals surface area contributed by atoms with Gasteiger partial charge < -0.3 is 35.7 Å². The summed E-state index contributed by atoms with van der Waals surface area (Å²) in [5.41, 5.74) is 6.89. The van der Waals surface area contributed by atoms with E-state index < -0.39 is 18.5 Å². The second-order valence-electron chi connectivity index (χ2n) is 7.29. The molecule has 1 saturated heterocycles. The lowest BCUT2D eigenvalue weighted by Gasteiger charge is -2.33. The summed E-state index contributed by atoms with van der Waals surface area (Å²) in [4.78, 5) is 23.3. The Morgan fingerprint density at radius 3 is 2.61 bits per heavy atom. The second-order valence-corrected chi connectivity index (χ2v) is 7.29. The Morgan fingerprint density at radius 2 is 2.00 bits per heavy atom. The van der Waals surface area contributed by atoms with Crippen molar-refractivity contribution in [3.8, 4) is 5.75 Å². The lowest BCUT2D eigenvalue weighted by Crippen LogP contribution is -2.47. The fraction of sp³-hybridized carbons (Fsp3) is 0.636. The van der Waals surface area contributed by atoms with E-state index in [4.69, 9.17) is 19.9 Å². The molecule has 0 spiro atoms. The number of hydrogen-bond donors (Lipinski definition) is 4. The minimum absolute atomic E-state index is 0.117. The third-order valence-corrected chi connectivity index (χ3v) is 4.19. The maximum Gasteiger partial charge on any atom is 0.302 e. The van der Waals surface area contributed by atoms with Crippen molar-refractivity contribution >= 4 is 17.6 Å². The molecule has 3 unspecified atom stereocenters. The first kappa shape index (κ1) is 26.7. The van der Waals surface area contributed by atoms with Crippen LogP contribution in [0.25, 0.3) is 0 Å². The predicted octanol–water partition coefficient (Wildman–Crippen LogP) is 1.92. The van der Waals surface area contributed by atoms with E-state index in [-0.39, 0.29) is 37.4 Å². The van der Waals surface area contributed by atoms with E-state index in [2.05, 4.69) is 10.6 Å². The maximum absolute atomic E-state index is 12.2. The van der Waals surface area contributed by atoms with Gasteiger partial charge in [-0.2, -0.15) is 0 Å². The third-order valence-electron chi connectivity index (χ3n) is 4.19. The van der Waals surface area contributed by atoms with Crippen molar-refractivity contribution in [2.45, 2.75) is 78.6 Å². The van der Waals surface area contributed by atoms with E-state index in [1.807, 2.05) is 39.8 Å². The Hall–Kier alpha value is -2.36. The summed E-state index contributed by atoms with van der Waals surface area (Å²) < 4.78 is 16.8. The highest BCUT2D eigenvalue weighted by atomic mass is 16.7. The Balaban J connectivity index is 0.00000233. The minimum Gasteiger partial charge on any atom is -0.463 e. The number of ether oxygens (including phenoxy) is 3. The minimum atomic E-state index is -0.818. The molecule has 5 N–H and O–H groups in total. The van der Waals surface area contributed by atoms with Crippen LogP contribution in [-0.2, 0) is 25.7 Å². The molecule has 1 aromatic rings. The van der Waals surface area contributed by atoms with E-state index in [1.54, 1.807) is 6.07 Å². The number of aliphatic hydroxyl groups excluding tert-OH is 1. The van der Waals surface area contributed by atoms with E-state index in [1.165, 1.54) is 6.92 Å². The largest absolute Gasteiger partial charge is 0.463 e.